The van der Waals surface area contributed by atoms with Gasteiger partial charge in [-0.15, -0.1) is 0 Å². The zero-order chi connectivity index (χ0) is 10.6. The Labute approximate surface area is 93.8 Å². The molecular weight excluding hydrogens is 208 g/mol. The van der Waals surface area contributed by atoms with Crippen LogP contribution in [0.3, 0.4) is 0 Å². The number of rotatable bonds is 0. The Morgan fingerprint density at radius 2 is 1.19 bits per heavy atom. The van der Waals surface area contributed by atoms with Gasteiger partial charge >= 0.3 is 0 Å². The summed E-state index contributed by atoms with van der Waals surface area (Å²) in [5.41, 5.74) is 6.47. The van der Waals surface area contributed by atoms with Gasteiger partial charge in [-0.3, -0.25) is 0 Å². The van der Waals surface area contributed by atoms with Crippen LogP contribution < -0.4 is 10.9 Å². The first kappa shape index (κ1) is 8.72. The van der Waals surface area contributed by atoms with Crippen molar-refractivity contribution in [2.45, 2.75) is 24.7 Å². The van der Waals surface area contributed by atoms with Crippen LogP contribution in [0.1, 0.15) is 0 Å². The van der Waals surface area contributed by atoms with Gasteiger partial charge < -0.3 is 0 Å². The molecule has 2 unspecified atom stereocenters. The van der Waals surface area contributed by atoms with Crippen molar-refractivity contribution >= 4 is 0 Å². The van der Waals surface area contributed by atoms with E-state index < -0.39 is 0 Å². The molecule has 5 saturated heterocycles. The molecule has 5 fully saturated rings. The van der Waals surface area contributed by atoms with E-state index in [1.54, 1.807) is 0 Å². The van der Waals surface area contributed by atoms with E-state index >= 15 is 0 Å². The highest BCUT2D eigenvalue weighted by atomic mass is 16.0. The van der Waals surface area contributed by atoms with E-state index in [9.17, 15) is 0 Å². The van der Waals surface area contributed by atoms with Crippen LogP contribution in [0.25, 0.3) is 0 Å². The lowest BCUT2D eigenvalue weighted by molar-refractivity contribution is -0.494. The molecule has 16 heavy (non-hydrogen) atoms. The number of nitrogens with one attached hydrogen (secondary N) is 2. The second-order valence-electron chi connectivity index (χ2n) is 5.19. The summed E-state index contributed by atoms with van der Waals surface area (Å²) in [6, 6.07) is 0. The Morgan fingerprint density at radius 1 is 0.750 bits per heavy atom. The molecule has 88 valence electrons. The fourth-order valence-electron chi connectivity index (χ4n) is 3.54. The molecule has 5 heterocycles. The third kappa shape index (κ3) is 0.685. The molecule has 8 heteroatoms. The van der Waals surface area contributed by atoms with Crippen molar-refractivity contribution in [3.63, 3.8) is 0 Å². The molecule has 5 rings (SSSR count). The first-order valence-corrected chi connectivity index (χ1v) is 5.80. The summed E-state index contributed by atoms with van der Waals surface area (Å²) in [7, 11) is 4.32. The summed E-state index contributed by atoms with van der Waals surface area (Å²) in [6.45, 7) is 2.02. The highest BCUT2D eigenvalue weighted by Crippen LogP contribution is 2.44. The van der Waals surface area contributed by atoms with Crippen LogP contribution in [0.4, 0.5) is 0 Å². The van der Waals surface area contributed by atoms with Crippen LogP contribution in [0.2, 0.25) is 0 Å². The van der Waals surface area contributed by atoms with Gasteiger partial charge in [0.15, 0.2) is 0 Å². The molecule has 0 radical (unpaired) electrons. The standard InChI is InChI=1S/C8H16N8/c1-11-7-8(12(11)2)16-4-14-6-5(9-10-6)13(14)3-15(7)16/h5-10H,3-4H2,1-2H3/t5-,6?,7+,8?/m1/s1. The van der Waals surface area contributed by atoms with Crippen LogP contribution in [0.5, 0.6) is 0 Å². The third-order valence-electron chi connectivity index (χ3n) is 4.70. The molecule has 0 spiro atoms. The molecule has 0 aromatic carbocycles. The molecule has 4 atom stereocenters. The zero-order valence-corrected chi connectivity index (χ0v) is 9.41. The minimum absolute atomic E-state index is 0.518. The highest BCUT2D eigenvalue weighted by molar-refractivity contribution is 5.05. The Hall–Kier alpha value is -0.320. The second kappa shape index (κ2) is 2.42. The molecule has 8 nitrogen and oxygen atoms in total. The predicted octanol–water partition coefficient (Wildman–Crippen LogP) is -2.82. The summed E-state index contributed by atoms with van der Waals surface area (Å²) in [5, 5.41) is 14.3. The van der Waals surface area contributed by atoms with E-state index in [-0.39, 0.29) is 0 Å². The molecule has 5 aliphatic rings. The Morgan fingerprint density at radius 3 is 1.56 bits per heavy atom. The van der Waals surface area contributed by atoms with Crippen LogP contribution >= 0.6 is 0 Å². The molecule has 0 bridgehead atoms. The van der Waals surface area contributed by atoms with Gasteiger partial charge in [0.25, 0.3) is 0 Å². The normalized spacial score (nSPS) is 53.6. The van der Waals surface area contributed by atoms with E-state index in [1.165, 1.54) is 0 Å². The van der Waals surface area contributed by atoms with Crippen molar-refractivity contribution in [2.75, 3.05) is 27.4 Å². The van der Waals surface area contributed by atoms with Crippen LogP contribution in [0.15, 0.2) is 0 Å². The van der Waals surface area contributed by atoms with Crippen LogP contribution in [0, 0.1) is 0 Å². The van der Waals surface area contributed by atoms with Crippen molar-refractivity contribution in [1.82, 2.24) is 40.9 Å². The monoisotopic (exact) mass is 224 g/mol. The van der Waals surface area contributed by atoms with Gasteiger partial charge in [0.05, 0.1) is 13.3 Å². The van der Waals surface area contributed by atoms with Gasteiger partial charge in [-0.2, -0.15) is 0 Å². The number of hydrogen-bond acceptors (Lipinski definition) is 8. The maximum atomic E-state index is 3.23. The fourth-order valence-corrected chi connectivity index (χ4v) is 3.54. The first-order valence-electron chi connectivity index (χ1n) is 5.80. The average molecular weight is 224 g/mol. The van der Waals surface area contributed by atoms with Crippen molar-refractivity contribution in [1.29, 1.82) is 0 Å². The second-order valence-corrected chi connectivity index (χ2v) is 5.19. The number of likely N-dealkylation sites (N-methyl/N-ethyl adjacent to an activating group) is 2. The number of hydrogen-bond donors (Lipinski definition) is 2. The summed E-state index contributed by atoms with van der Waals surface area (Å²) in [5.74, 6) is 0. The van der Waals surface area contributed by atoms with Crippen molar-refractivity contribution < 1.29 is 0 Å². The SMILES string of the molecule is CN1C2[C@@H](N1C)N1CN3[C@H]4NNC4N3CN21. The van der Waals surface area contributed by atoms with E-state index in [2.05, 4.69) is 55.0 Å². The summed E-state index contributed by atoms with van der Waals surface area (Å²) in [4.78, 5) is 0. The molecule has 0 amide bonds. The van der Waals surface area contributed by atoms with Crippen molar-refractivity contribution in [3.05, 3.63) is 0 Å². The minimum atomic E-state index is 0.518. The third-order valence-corrected chi connectivity index (χ3v) is 4.70. The predicted molar refractivity (Wildman–Crippen MR) is 54.0 cm³/mol. The van der Waals surface area contributed by atoms with Gasteiger partial charge in [0, 0.05) is 14.1 Å². The molecule has 5 aliphatic heterocycles. The first-order chi connectivity index (χ1) is 7.77. The number of hydrazine groups is 4. The molecule has 0 aromatic heterocycles. The lowest BCUT2D eigenvalue weighted by atomic mass is 10.1. The van der Waals surface area contributed by atoms with Crippen molar-refractivity contribution in [3.8, 4) is 0 Å². The number of fused-ring (bicyclic) bond motifs is 8. The Bertz CT molecular complexity index is 320. The van der Waals surface area contributed by atoms with Gasteiger partial charge in [-0.1, -0.05) is 0 Å². The largest absolute Gasteiger partial charge is 0.235 e. The van der Waals surface area contributed by atoms with E-state index in [0.29, 0.717) is 24.7 Å². The van der Waals surface area contributed by atoms with Crippen molar-refractivity contribution in [2.24, 2.45) is 0 Å². The van der Waals surface area contributed by atoms with E-state index in [1.807, 2.05) is 0 Å². The lowest BCUT2D eigenvalue weighted by Gasteiger charge is -2.78. The number of nitrogens with zero attached hydrogens (tertiary/aromatic N) is 6. The Balaban J connectivity index is 1.40. The molecule has 0 saturated carbocycles. The average Bonchev–Trinajstić information content (AvgIpc) is 2.22. The minimum Gasteiger partial charge on any atom is -0.235 e. The molecular formula is C8H16N8. The summed E-state index contributed by atoms with van der Waals surface area (Å²) >= 11 is 0. The zero-order valence-electron chi connectivity index (χ0n) is 9.41. The quantitative estimate of drug-likeness (QED) is 0.457. The highest BCUT2D eigenvalue weighted by Gasteiger charge is 2.67. The topological polar surface area (TPSA) is 43.5 Å². The summed E-state index contributed by atoms with van der Waals surface area (Å²) in [6.07, 6.45) is 2.20. The smallest absolute Gasteiger partial charge is 0.122 e. The maximum Gasteiger partial charge on any atom is 0.122 e. The maximum absolute atomic E-state index is 3.23. The molecule has 2 N–H and O–H groups in total. The van der Waals surface area contributed by atoms with Gasteiger partial charge in [0.1, 0.15) is 24.7 Å². The molecule has 0 aromatic rings. The molecule has 0 aliphatic carbocycles. The van der Waals surface area contributed by atoms with Crippen LogP contribution in [-0.2, 0) is 0 Å². The lowest BCUT2D eigenvalue weighted by Crippen LogP contribution is -3.00. The van der Waals surface area contributed by atoms with Gasteiger partial charge in [-0.05, 0) is 0 Å². The van der Waals surface area contributed by atoms with E-state index in [4.69, 9.17) is 0 Å². The summed E-state index contributed by atoms with van der Waals surface area (Å²) < 4.78 is 0. The van der Waals surface area contributed by atoms with Crippen LogP contribution in [-0.4, -0.2) is 82.1 Å². The van der Waals surface area contributed by atoms with Gasteiger partial charge in [0.2, 0.25) is 0 Å². The van der Waals surface area contributed by atoms with E-state index in [0.717, 1.165) is 13.3 Å². The fraction of sp³-hybridized carbons (Fsp3) is 1.00. The van der Waals surface area contributed by atoms with Gasteiger partial charge in [-0.25, -0.2) is 40.9 Å². The Kier molecular flexibility index (Phi) is 1.32.